The van der Waals surface area contributed by atoms with Crippen LogP contribution in [0.25, 0.3) is 0 Å². The number of piperidine rings is 2. The van der Waals surface area contributed by atoms with E-state index in [0.29, 0.717) is 24.7 Å². The summed E-state index contributed by atoms with van der Waals surface area (Å²) in [6.45, 7) is 6.43. The normalized spacial score (nSPS) is 23.4. The van der Waals surface area contributed by atoms with Crippen molar-refractivity contribution < 1.29 is 9.59 Å². The van der Waals surface area contributed by atoms with Gasteiger partial charge in [-0.25, -0.2) is 0 Å². The summed E-state index contributed by atoms with van der Waals surface area (Å²) < 4.78 is 0. The van der Waals surface area contributed by atoms with E-state index in [0.717, 1.165) is 32.5 Å². The van der Waals surface area contributed by atoms with Crippen LogP contribution in [0, 0.1) is 11.3 Å². The summed E-state index contributed by atoms with van der Waals surface area (Å²) in [6, 6.07) is 4.10. The molecule has 1 unspecified atom stereocenters. The summed E-state index contributed by atoms with van der Waals surface area (Å²) in [5.74, 6) is 1.16. The zero-order valence-corrected chi connectivity index (χ0v) is 15.6. The van der Waals surface area contributed by atoms with Crippen LogP contribution in [0.3, 0.4) is 0 Å². The van der Waals surface area contributed by atoms with Gasteiger partial charge < -0.3 is 9.80 Å². The molecule has 1 aromatic heterocycles. The molecule has 0 aromatic carbocycles. The Hall–Kier alpha value is -1.91. The molecule has 2 aliphatic rings. The SMILES string of the molecule is CC(C)CC(=O)N1CCC2(CC1)CC(=O)N(C)CC2c1cccnc1. The fraction of sp³-hybridized carbons (Fsp3) is 0.650. The Morgan fingerprint density at radius 2 is 2.08 bits per heavy atom. The van der Waals surface area contributed by atoms with Gasteiger partial charge in [-0.1, -0.05) is 19.9 Å². The van der Waals surface area contributed by atoms with Crippen molar-refractivity contribution in [2.45, 2.75) is 45.4 Å². The molecule has 25 heavy (non-hydrogen) atoms. The van der Waals surface area contributed by atoms with Crippen LogP contribution < -0.4 is 0 Å². The number of carbonyl (C=O) groups excluding carboxylic acids is 2. The smallest absolute Gasteiger partial charge is 0.222 e. The van der Waals surface area contributed by atoms with E-state index in [4.69, 9.17) is 0 Å². The second-order valence-corrected chi connectivity index (χ2v) is 8.13. The van der Waals surface area contributed by atoms with Crippen LogP contribution in [0.1, 0.15) is 51.0 Å². The molecular formula is C20H29N3O2. The van der Waals surface area contributed by atoms with Crippen molar-refractivity contribution in [3.8, 4) is 0 Å². The molecule has 3 rings (SSSR count). The number of hydrogen-bond acceptors (Lipinski definition) is 3. The standard InChI is InChI=1S/C20H29N3O2/c1-15(2)11-18(24)23-9-6-20(7-10-23)12-19(25)22(3)14-17(20)16-5-4-8-21-13-16/h4-5,8,13,15,17H,6-7,9-12,14H2,1-3H3. The van der Waals surface area contributed by atoms with E-state index < -0.39 is 0 Å². The number of carbonyl (C=O) groups is 2. The zero-order chi connectivity index (χ0) is 18.0. The largest absolute Gasteiger partial charge is 0.345 e. The average molecular weight is 343 g/mol. The number of amides is 2. The van der Waals surface area contributed by atoms with Gasteiger partial charge in [0, 0.05) is 57.8 Å². The Labute approximate surface area is 150 Å². The summed E-state index contributed by atoms with van der Waals surface area (Å²) in [6.07, 6.45) is 6.72. The van der Waals surface area contributed by atoms with Gasteiger partial charge in [0.25, 0.3) is 0 Å². The van der Waals surface area contributed by atoms with Crippen molar-refractivity contribution in [3.05, 3.63) is 30.1 Å². The molecule has 136 valence electrons. The van der Waals surface area contributed by atoms with Crippen LogP contribution in [0.4, 0.5) is 0 Å². The predicted octanol–water partition coefficient (Wildman–Crippen LogP) is 2.68. The quantitative estimate of drug-likeness (QED) is 0.848. The van der Waals surface area contributed by atoms with Crippen molar-refractivity contribution in [3.63, 3.8) is 0 Å². The summed E-state index contributed by atoms with van der Waals surface area (Å²) in [4.78, 5) is 33.0. The minimum absolute atomic E-state index is 0.0404. The van der Waals surface area contributed by atoms with Gasteiger partial charge in [0.15, 0.2) is 0 Å². The van der Waals surface area contributed by atoms with Crippen LogP contribution in [-0.4, -0.2) is 53.3 Å². The highest BCUT2D eigenvalue weighted by atomic mass is 16.2. The Bertz CT molecular complexity index is 621. The van der Waals surface area contributed by atoms with Crippen LogP contribution in [0.15, 0.2) is 24.5 Å². The molecule has 0 saturated carbocycles. The first-order chi connectivity index (χ1) is 11.9. The number of rotatable bonds is 3. The third kappa shape index (κ3) is 3.70. The number of hydrogen-bond donors (Lipinski definition) is 0. The van der Waals surface area contributed by atoms with Crippen LogP contribution in [-0.2, 0) is 9.59 Å². The maximum Gasteiger partial charge on any atom is 0.222 e. The van der Waals surface area contributed by atoms with E-state index in [1.807, 2.05) is 29.1 Å². The number of likely N-dealkylation sites (tertiary alicyclic amines) is 2. The lowest BCUT2D eigenvalue weighted by Gasteiger charge is -2.51. The molecule has 1 atom stereocenters. The summed E-state index contributed by atoms with van der Waals surface area (Å²) in [7, 11) is 1.89. The topological polar surface area (TPSA) is 53.5 Å². The first kappa shape index (κ1) is 17.9. The Morgan fingerprint density at radius 1 is 1.36 bits per heavy atom. The van der Waals surface area contributed by atoms with Gasteiger partial charge in [0.2, 0.25) is 11.8 Å². The molecule has 0 N–H and O–H groups in total. The zero-order valence-electron chi connectivity index (χ0n) is 15.6. The average Bonchev–Trinajstić information content (AvgIpc) is 2.59. The molecule has 0 radical (unpaired) electrons. The molecule has 0 aliphatic carbocycles. The second kappa shape index (κ2) is 7.14. The Morgan fingerprint density at radius 3 is 2.68 bits per heavy atom. The van der Waals surface area contributed by atoms with E-state index in [1.54, 1.807) is 6.20 Å². The minimum Gasteiger partial charge on any atom is -0.345 e. The molecular weight excluding hydrogens is 314 g/mol. The summed E-state index contributed by atoms with van der Waals surface area (Å²) >= 11 is 0. The number of nitrogens with zero attached hydrogens (tertiary/aromatic N) is 3. The Balaban J connectivity index is 1.78. The molecule has 2 saturated heterocycles. The molecule has 2 fully saturated rings. The van der Waals surface area contributed by atoms with Crippen LogP contribution in [0.2, 0.25) is 0 Å². The molecule has 3 heterocycles. The van der Waals surface area contributed by atoms with Crippen molar-refractivity contribution >= 4 is 11.8 Å². The molecule has 5 heteroatoms. The molecule has 0 bridgehead atoms. The highest BCUT2D eigenvalue weighted by Gasteiger charge is 2.48. The van der Waals surface area contributed by atoms with Gasteiger partial charge in [0.1, 0.15) is 0 Å². The second-order valence-electron chi connectivity index (χ2n) is 8.13. The third-order valence-electron chi connectivity index (χ3n) is 5.91. The van der Waals surface area contributed by atoms with Crippen molar-refractivity contribution in [2.24, 2.45) is 11.3 Å². The number of aromatic nitrogens is 1. The van der Waals surface area contributed by atoms with Gasteiger partial charge in [-0.3, -0.25) is 14.6 Å². The maximum atomic E-state index is 12.4. The van der Waals surface area contributed by atoms with E-state index in [2.05, 4.69) is 24.9 Å². The van der Waals surface area contributed by atoms with Crippen molar-refractivity contribution in [1.29, 1.82) is 0 Å². The van der Waals surface area contributed by atoms with Gasteiger partial charge in [-0.2, -0.15) is 0 Å². The first-order valence-corrected chi connectivity index (χ1v) is 9.33. The van der Waals surface area contributed by atoms with Gasteiger partial charge in [0.05, 0.1) is 0 Å². The van der Waals surface area contributed by atoms with E-state index >= 15 is 0 Å². The molecule has 2 aliphatic heterocycles. The third-order valence-corrected chi connectivity index (χ3v) is 5.91. The predicted molar refractivity (Wildman–Crippen MR) is 96.9 cm³/mol. The van der Waals surface area contributed by atoms with Crippen LogP contribution in [0.5, 0.6) is 0 Å². The van der Waals surface area contributed by atoms with Gasteiger partial charge >= 0.3 is 0 Å². The lowest BCUT2D eigenvalue weighted by Crippen LogP contribution is -2.53. The minimum atomic E-state index is -0.0404. The first-order valence-electron chi connectivity index (χ1n) is 9.33. The number of pyridine rings is 1. The lowest BCUT2D eigenvalue weighted by molar-refractivity contribution is -0.142. The molecule has 1 aromatic rings. The van der Waals surface area contributed by atoms with E-state index in [-0.39, 0.29) is 17.2 Å². The van der Waals surface area contributed by atoms with Gasteiger partial charge in [-0.15, -0.1) is 0 Å². The fourth-order valence-electron chi connectivity index (χ4n) is 4.37. The molecule has 2 amide bonds. The monoisotopic (exact) mass is 343 g/mol. The number of likely N-dealkylation sites (N-methyl/N-ethyl adjacent to an activating group) is 1. The molecule has 5 nitrogen and oxygen atoms in total. The van der Waals surface area contributed by atoms with Gasteiger partial charge in [-0.05, 0) is 35.8 Å². The van der Waals surface area contributed by atoms with Crippen molar-refractivity contribution in [2.75, 3.05) is 26.7 Å². The highest BCUT2D eigenvalue weighted by Crippen LogP contribution is 2.50. The van der Waals surface area contributed by atoms with E-state index in [1.165, 1.54) is 5.56 Å². The fourth-order valence-corrected chi connectivity index (χ4v) is 4.37. The van der Waals surface area contributed by atoms with E-state index in [9.17, 15) is 9.59 Å². The summed E-state index contributed by atoms with van der Waals surface area (Å²) in [5, 5.41) is 0. The van der Waals surface area contributed by atoms with Crippen molar-refractivity contribution in [1.82, 2.24) is 14.8 Å². The van der Waals surface area contributed by atoms with Crippen LogP contribution >= 0.6 is 0 Å². The lowest BCUT2D eigenvalue weighted by atomic mass is 9.62. The summed E-state index contributed by atoms with van der Waals surface area (Å²) in [5.41, 5.74) is 1.17. The Kier molecular flexibility index (Phi) is 5.11. The molecule has 1 spiro atoms. The highest BCUT2D eigenvalue weighted by molar-refractivity contribution is 5.79. The maximum absolute atomic E-state index is 12.4.